The number of thiocarbonyl (C=S) groups is 1. The predicted octanol–water partition coefficient (Wildman–Crippen LogP) is 5.40. The van der Waals surface area contributed by atoms with Gasteiger partial charge in [-0.25, -0.2) is 4.39 Å². The molecule has 1 fully saturated rings. The number of rotatable bonds is 6. The molecule has 6 heteroatoms. The number of halogens is 1. The molecular formula is C24H27FN4S. The second-order valence-corrected chi connectivity index (χ2v) is 8.20. The van der Waals surface area contributed by atoms with Crippen LogP contribution in [0.25, 0.3) is 5.69 Å². The van der Waals surface area contributed by atoms with Gasteiger partial charge in [-0.05, 0) is 74.4 Å². The molecule has 3 heterocycles. The van der Waals surface area contributed by atoms with Gasteiger partial charge in [0.15, 0.2) is 5.11 Å². The van der Waals surface area contributed by atoms with Crippen LogP contribution in [0, 0.1) is 19.7 Å². The molecule has 2 atom stereocenters. The van der Waals surface area contributed by atoms with Crippen molar-refractivity contribution in [2.24, 2.45) is 0 Å². The molecule has 0 saturated carbocycles. The van der Waals surface area contributed by atoms with Crippen LogP contribution >= 0.6 is 12.2 Å². The Morgan fingerprint density at radius 3 is 2.67 bits per heavy atom. The summed E-state index contributed by atoms with van der Waals surface area (Å²) in [5.74, 6) is -0.235. The van der Waals surface area contributed by atoms with Gasteiger partial charge in [-0.1, -0.05) is 25.5 Å². The number of hydrogen-bond donors (Lipinski definition) is 1. The summed E-state index contributed by atoms with van der Waals surface area (Å²) in [6, 6.07) is 14.9. The van der Waals surface area contributed by atoms with Crippen molar-refractivity contribution < 1.29 is 4.39 Å². The number of nitrogens with zero attached hydrogens (tertiary/aromatic N) is 3. The largest absolute Gasteiger partial charge is 0.352 e. The summed E-state index contributed by atoms with van der Waals surface area (Å²) in [4.78, 5) is 6.90. The van der Waals surface area contributed by atoms with Gasteiger partial charge in [0.2, 0.25) is 0 Å². The number of aromatic nitrogens is 2. The quantitative estimate of drug-likeness (QED) is 0.539. The van der Waals surface area contributed by atoms with E-state index in [4.69, 9.17) is 12.2 Å². The minimum atomic E-state index is -0.235. The van der Waals surface area contributed by atoms with Gasteiger partial charge in [-0.2, -0.15) is 0 Å². The van der Waals surface area contributed by atoms with Gasteiger partial charge >= 0.3 is 0 Å². The van der Waals surface area contributed by atoms with Crippen LogP contribution in [-0.4, -0.2) is 26.1 Å². The zero-order valence-corrected chi connectivity index (χ0v) is 18.4. The van der Waals surface area contributed by atoms with Crippen molar-refractivity contribution in [2.75, 3.05) is 6.54 Å². The van der Waals surface area contributed by atoms with Crippen LogP contribution in [0.3, 0.4) is 0 Å². The van der Waals surface area contributed by atoms with Crippen LogP contribution in [0.2, 0.25) is 0 Å². The molecule has 0 radical (unpaired) electrons. The van der Waals surface area contributed by atoms with Crippen molar-refractivity contribution in [3.63, 3.8) is 0 Å². The number of hydrogen-bond acceptors (Lipinski definition) is 2. The summed E-state index contributed by atoms with van der Waals surface area (Å²) in [5, 5.41) is 4.27. The Morgan fingerprint density at radius 2 is 1.97 bits per heavy atom. The minimum Gasteiger partial charge on any atom is -0.352 e. The van der Waals surface area contributed by atoms with Crippen LogP contribution < -0.4 is 5.32 Å². The van der Waals surface area contributed by atoms with Gasteiger partial charge in [-0.15, -0.1) is 0 Å². The highest BCUT2D eigenvalue weighted by Gasteiger charge is 2.41. The molecule has 3 aromatic rings. The van der Waals surface area contributed by atoms with Crippen LogP contribution in [0.5, 0.6) is 0 Å². The Kier molecular flexibility index (Phi) is 5.86. The van der Waals surface area contributed by atoms with Crippen LogP contribution in [0.1, 0.15) is 54.5 Å². The normalized spacial score (nSPS) is 18.7. The second-order valence-electron chi connectivity index (χ2n) is 7.82. The van der Waals surface area contributed by atoms with Crippen LogP contribution in [0.15, 0.2) is 54.7 Å². The summed E-state index contributed by atoms with van der Waals surface area (Å²) < 4.78 is 16.0. The third kappa shape index (κ3) is 3.72. The Labute approximate surface area is 182 Å². The van der Waals surface area contributed by atoms with E-state index in [2.05, 4.69) is 46.6 Å². The lowest BCUT2D eigenvalue weighted by Gasteiger charge is -2.28. The number of benzene rings is 1. The fraction of sp³-hybridized carbons (Fsp3) is 0.333. The molecule has 30 heavy (non-hydrogen) atoms. The average Bonchev–Trinajstić information content (AvgIpc) is 3.22. The maximum Gasteiger partial charge on any atom is 0.170 e. The van der Waals surface area contributed by atoms with Crippen molar-refractivity contribution in [3.8, 4) is 5.69 Å². The van der Waals surface area contributed by atoms with E-state index in [1.165, 1.54) is 11.6 Å². The second kappa shape index (κ2) is 8.56. The van der Waals surface area contributed by atoms with Crippen molar-refractivity contribution in [3.05, 3.63) is 83.2 Å². The summed E-state index contributed by atoms with van der Waals surface area (Å²) in [6.07, 6.45) is 3.99. The van der Waals surface area contributed by atoms with Crippen LogP contribution in [0.4, 0.5) is 4.39 Å². The van der Waals surface area contributed by atoms with Crippen molar-refractivity contribution in [1.82, 2.24) is 19.8 Å². The van der Waals surface area contributed by atoms with Gasteiger partial charge in [0.05, 0.1) is 17.8 Å². The van der Waals surface area contributed by atoms with Crippen molar-refractivity contribution in [1.29, 1.82) is 0 Å². The SMILES string of the molecule is CCCCN1C(=S)N[C@@H](c2ccccn2)[C@@H]1c1cc(C)n(-c2cccc(F)c2)c1C. The van der Waals surface area contributed by atoms with Gasteiger partial charge in [0.25, 0.3) is 0 Å². The number of unbranched alkanes of at least 4 members (excludes halogenated alkanes) is 1. The predicted molar refractivity (Wildman–Crippen MR) is 122 cm³/mol. The molecule has 0 unspecified atom stereocenters. The lowest BCUT2D eigenvalue weighted by Crippen LogP contribution is -2.30. The topological polar surface area (TPSA) is 33.1 Å². The van der Waals surface area contributed by atoms with Gasteiger partial charge < -0.3 is 14.8 Å². The maximum atomic E-state index is 13.9. The molecule has 1 aromatic carbocycles. The first-order chi connectivity index (χ1) is 14.5. The third-order valence-electron chi connectivity index (χ3n) is 5.81. The lowest BCUT2D eigenvalue weighted by atomic mass is 9.96. The molecule has 1 aliphatic rings. The molecule has 1 saturated heterocycles. The molecule has 2 aromatic heterocycles. The molecule has 1 N–H and O–H groups in total. The zero-order chi connectivity index (χ0) is 21.3. The zero-order valence-electron chi connectivity index (χ0n) is 17.6. The summed E-state index contributed by atoms with van der Waals surface area (Å²) in [7, 11) is 0. The standard InChI is InChI=1S/C24H27FN4S/c1-4-5-13-28-23(22(27-24(28)30)21-11-6-7-12-26-21)20-14-16(2)29(17(20)3)19-10-8-9-18(25)15-19/h6-12,14-15,22-23H,4-5,13H2,1-3H3,(H,27,30)/t22-,23-/m0/s1. The minimum absolute atomic E-state index is 0.0305. The highest BCUT2D eigenvalue weighted by molar-refractivity contribution is 7.80. The lowest BCUT2D eigenvalue weighted by molar-refractivity contribution is 0.312. The molecular weight excluding hydrogens is 395 g/mol. The summed E-state index contributed by atoms with van der Waals surface area (Å²) in [5.41, 5.74) is 5.16. The molecule has 0 aliphatic carbocycles. The molecule has 1 aliphatic heterocycles. The van der Waals surface area contributed by atoms with E-state index in [9.17, 15) is 4.39 Å². The molecule has 156 valence electrons. The van der Waals surface area contributed by atoms with Crippen molar-refractivity contribution in [2.45, 2.75) is 45.7 Å². The van der Waals surface area contributed by atoms with E-state index in [0.29, 0.717) is 0 Å². The highest BCUT2D eigenvalue weighted by Crippen LogP contribution is 2.41. The fourth-order valence-electron chi connectivity index (χ4n) is 4.41. The van der Waals surface area contributed by atoms with E-state index >= 15 is 0 Å². The number of nitrogens with one attached hydrogen (secondary N) is 1. The van der Waals surface area contributed by atoms with E-state index in [1.54, 1.807) is 12.1 Å². The smallest absolute Gasteiger partial charge is 0.170 e. The Hall–Kier alpha value is -2.73. The molecule has 0 bridgehead atoms. The Morgan fingerprint density at radius 1 is 1.13 bits per heavy atom. The number of aryl methyl sites for hydroxylation is 1. The first-order valence-electron chi connectivity index (χ1n) is 10.4. The molecule has 0 amide bonds. The Balaban J connectivity index is 1.82. The van der Waals surface area contributed by atoms with E-state index in [1.807, 2.05) is 30.5 Å². The maximum absolute atomic E-state index is 13.9. The highest BCUT2D eigenvalue weighted by atomic mass is 32.1. The van der Waals surface area contributed by atoms with E-state index in [0.717, 1.165) is 47.3 Å². The average molecular weight is 423 g/mol. The van der Waals surface area contributed by atoms with Gasteiger partial charge in [-0.3, -0.25) is 4.98 Å². The molecule has 4 rings (SSSR count). The molecule has 4 nitrogen and oxygen atoms in total. The fourth-order valence-corrected chi connectivity index (χ4v) is 4.74. The first kappa shape index (κ1) is 20.5. The third-order valence-corrected chi connectivity index (χ3v) is 6.16. The van der Waals surface area contributed by atoms with E-state index in [-0.39, 0.29) is 17.9 Å². The number of pyridine rings is 1. The monoisotopic (exact) mass is 422 g/mol. The summed E-state index contributed by atoms with van der Waals surface area (Å²) in [6.45, 7) is 7.24. The Bertz CT molecular complexity index is 1050. The molecule has 0 spiro atoms. The first-order valence-corrected chi connectivity index (χ1v) is 10.8. The summed E-state index contributed by atoms with van der Waals surface area (Å²) >= 11 is 5.73. The van der Waals surface area contributed by atoms with Crippen LogP contribution in [-0.2, 0) is 0 Å². The van der Waals surface area contributed by atoms with Gasteiger partial charge in [0.1, 0.15) is 5.82 Å². The van der Waals surface area contributed by atoms with E-state index < -0.39 is 0 Å². The van der Waals surface area contributed by atoms with Gasteiger partial charge in [0, 0.05) is 29.8 Å². The van der Waals surface area contributed by atoms with Crippen molar-refractivity contribution >= 4 is 17.3 Å².